The van der Waals surface area contributed by atoms with Crippen molar-refractivity contribution in [1.82, 2.24) is 9.97 Å². The predicted molar refractivity (Wildman–Crippen MR) is 115 cm³/mol. The SMILES string of the molecule is CCS(=O)(=O)c1cccc(-c2ccc(OCC(O)O)c3[nH]c4ncc(C)cc4c23)c1. The maximum Gasteiger partial charge on any atom is 0.186 e. The number of pyridine rings is 1. The summed E-state index contributed by atoms with van der Waals surface area (Å²) in [5, 5.41) is 20.1. The molecule has 0 spiro atoms. The molecule has 156 valence electrons. The van der Waals surface area contributed by atoms with E-state index in [1.807, 2.05) is 25.1 Å². The largest absolute Gasteiger partial charge is 0.486 e. The van der Waals surface area contributed by atoms with Crippen LogP contribution >= 0.6 is 0 Å². The number of aryl methyl sites for hydroxylation is 1. The van der Waals surface area contributed by atoms with E-state index in [1.165, 1.54) is 0 Å². The van der Waals surface area contributed by atoms with Gasteiger partial charge in [0.2, 0.25) is 0 Å². The van der Waals surface area contributed by atoms with Crippen molar-refractivity contribution in [2.24, 2.45) is 0 Å². The molecular weight excluding hydrogens is 404 g/mol. The van der Waals surface area contributed by atoms with Gasteiger partial charge in [-0.05, 0) is 53.9 Å². The maximum atomic E-state index is 12.4. The first kappa shape index (κ1) is 20.3. The summed E-state index contributed by atoms with van der Waals surface area (Å²) in [6.45, 7) is 3.29. The molecule has 0 amide bonds. The molecule has 0 fully saturated rings. The van der Waals surface area contributed by atoms with Crippen molar-refractivity contribution >= 4 is 31.8 Å². The average molecular weight is 426 g/mol. The van der Waals surface area contributed by atoms with E-state index in [0.29, 0.717) is 16.9 Å². The number of nitrogens with one attached hydrogen (secondary N) is 1. The fourth-order valence-electron chi connectivity index (χ4n) is 3.51. The standard InChI is InChI=1S/C22H22N2O5S/c1-3-30(27,28)15-6-4-5-14(10-15)16-7-8-18(29-12-19(25)26)21-20(16)17-9-13(2)11-23-22(17)24-21/h4-11,19,25-26H,3,12H2,1-2H3,(H,23,24). The van der Waals surface area contributed by atoms with Crippen LogP contribution < -0.4 is 4.74 Å². The van der Waals surface area contributed by atoms with Gasteiger partial charge >= 0.3 is 0 Å². The Balaban J connectivity index is 1.99. The molecule has 2 heterocycles. The van der Waals surface area contributed by atoms with Gasteiger partial charge in [0.05, 0.1) is 16.2 Å². The molecule has 4 rings (SSSR count). The molecule has 0 aliphatic rings. The molecule has 0 radical (unpaired) electrons. The lowest BCUT2D eigenvalue weighted by molar-refractivity contribution is -0.0678. The summed E-state index contributed by atoms with van der Waals surface area (Å²) in [6, 6.07) is 12.4. The minimum Gasteiger partial charge on any atom is -0.486 e. The minimum atomic E-state index is -3.34. The van der Waals surface area contributed by atoms with Crippen molar-refractivity contribution in [3.8, 4) is 16.9 Å². The first-order chi connectivity index (χ1) is 14.3. The molecule has 3 N–H and O–H groups in total. The number of fused-ring (bicyclic) bond motifs is 3. The van der Waals surface area contributed by atoms with Gasteiger partial charge in [0.15, 0.2) is 16.1 Å². The third kappa shape index (κ3) is 3.65. The number of aromatic amines is 1. The van der Waals surface area contributed by atoms with Gasteiger partial charge < -0.3 is 19.9 Å². The Labute approximate surface area is 173 Å². The van der Waals surface area contributed by atoms with Gasteiger partial charge in [-0.3, -0.25) is 0 Å². The van der Waals surface area contributed by atoms with Crippen molar-refractivity contribution < 1.29 is 23.4 Å². The normalized spacial score (nSPS) is 12.2. The van der Waals surface area contributed by atoms with E-state index >= 15 is 0 Å². The third-order valence-electron chi connectivity index (χ3n) is 4.98. The Morgan fingerprint density at radius 3 is 2.70 bits per heavy atom. The van der Waals surface area contributed by atoms with Crippen LogP contribution in [0.2, 0.25) is 0 Å². The van der Waals surface area contributed by atoms with Crippen molar-refractivity contribution in [1.29, 1.82) is 0 Å². The summed E-state index contributed by atoms with van der Waals surface area (Å²) in [5.74, 6) is 0.480. The van der Waals surface area contributed by atoms with Crippen molar-refractivity contribution in [2.75, 3.05) is 12.4 Å². The van der Waals surface area contributed by atoms with Crippen LogP contribution in [0.15, 0.2) is 53.6 Å². The molecule has 2 aromatic carbocycles. The summed E-state index contributed by atoms with van der Waals surface area (Å²) in [6.07, 6.45) is 0.157. The molecule has 0 atom stereocenters. The van der Waals surface area contributed by atoms with Crippen molar-refractivity contribution in [3.63, 3.8) is 0 Å². The second-order valence-corrected chi connectivity index (χ2v) is 9.40. The van der Waals surface area contributed by atoms with E-state index < -0.39 is 16.1 Å². The van der Waals surface area contributed by atoms with Crippen molar-refractivity contribution in [3.05, 3.63) is 54.2 Å². The highest BCUT2D eigenvalue weighted by atomic mass is 32.2. The molecule has 4 aromatic rings. The lowest BCUT2D eigenvalue weighted by Crippen LogP contribution is -2.16. The molecule has 30 heavy (non-hydrogen) atoms. The number of nitrogens with zero attached hydrogens (tertiary/aromatic N) is 1. The number of aromatic nitrogens is 2. The summed E-state index contributed by atoms with van der Waals surface area (Å²) in [5.41, 5.74) is 3.88. The highest BCUT2D eigenvalue weighted by Gasteiger charge is 2.18. The van der Waals surface area contributed by atoms with Crippen LogP contribution in [-0.4, -0.2) is 47.2 Å². The molecule has 0 saturated heterocycles. The topological polar surface area (TPSA) is 113 Å². The molecule has 0 saturated carbocycles. The summed E-state index contributed by atoms with van der Waals surface area (Å²) >= 11 is 0. The van der Waals surface area contributed by atoms with E-state index in [-0.39, 0.29) is 17.3 Å². The van der Waals surface area contributed by atoms with E-state index in [9.17, 15) is 18.6 Å². The van der Waals surface area contributed by atoms with Gasteiger partial charge in [-0.2, -0.15) is 0 Å². The molecule has 0 unspecified atom stereocenters. The highest BCUT2D eigenvalue weighted by molar-refractivity contribution is 7.91. The van der Waals surface area contributed by atoms with Crippen LogP contribution in [-0.2, 0) is 9.84 Å². The lowest BCUT2D eigenvalue weighted by atomic mass is 9.99. The number of hydrogen-bond acceptors (Lipinski definition) is 6. The van der Waals surface area contributed by atoms with Gasteiger partial charge in [0.25, 0.3) is 0 Å². The number of ether oxygens (including phenoxy) is 1. The van der Waals surface area contributed by atoms with Gasteiger partial charge in [-0.15, -0.1) is 0 Å². The molecule has 0 bridgehead atoms. The Morgan fingerprint density at radius 1 is 1.17 bits per heavy atom. The molecule has 0 aliphatic carbocycles. The Kier molecular flexibility index (Phi) is 5.23. The van der Waals surface area contributed by atoms with Gasteiger partial charge in [-0.25, -0.2) is 13.4 Å². The predicted octanol–water partition coefficient (Wildman–Crippen LogP) is 3.17. The summed E-state index contributed by atoms with van der Waals surface area (Å²) < 4.78 is 30.3. The lowest BCUT2D eigenvalue weighted by Gasteiger charge is -2.12. The Hall–Kier alpha value is -2.94. The number of aliphatic hydroxyl groups excluding tert-OH is 1. The van der Waals surface area contributed by atoms with Crippen LogP contribution in [0.5, 0.6) is 5.75 Å². The van der Waals surface area contributed by atoms with E-state index in [4.69, 9.17) is 4.74 Å². The quantitative estimate of drug-likeness (QED) is 0.408. The van der Waals surface area contributed by atoms with Gasteiger partial charge in [0, 0.05) is 17.0 Å². The van der Waals surface area contributed by atoms with Crippen LogP contribution in [0.25, 0.3) is 33.1 Å². The molecule has 8 heteroatoms. The Morgan fingerprint density at radius 2 is 1.97 bits per heavy atom. The number of H-pyrrole nitrogens is 1. The fraction of sp³-hybridized carbons (Fsp3) is 0.227. The van der Waals surface area contributed by atoms with Gasteiger partial charge in [-0.1, -0.05) is 19.1 Å². The molecule has 7 nitrogen and oxygen atoms in total. The zero-order chi connectivity index (χ0) is 21.5. The van der Waals surface area contributed by atoms with Crippen LogP contribution in [0.3, 0.4) is 0 Å². The third-order valence-corrected chi connectivity index (χ3v) is 6.71. The zero-order valence-corrected chi connectivity index (χ0v) is 17.4. The van der Waals surface area contributed by atoms with Crippen molar-refractivity contribution in [2.45, 2.75) is 25.0 Å². The van der Waals surface area contributed by atoms with E-state index in [2.05, 4.69) is 9.97 Å². The first-order valence-electron chi connectivity index (χ1n) is 9.53. The molecule has 0 aliphatic heterocycles. The second kappa shape index (κ2) is 7.71. The van der Waals surface area contributed by atoms with Crippen LogP contribution in [0.4, 0.5) is 0 Å². The first-order valence-corrected chi connectivity index (χ1v) is 11.2. The molecular formula is C22H22N2O5S. The van der Waals surface area contributed by atoms with E-state index in [0.717, 1.165) is 27.5 Å². The fourth-order valence-corrected chi connectivity index (χ4v) is 4.44. The second-order valence-electron chi connectivity index (χ2n) is 7.12. The van der Waals surface area contributed by atoms with Crippen LogP contribution in [0, 0.1) is 6.92 Å². The zero-order valence-electron chi connectivity index (χ0n) is 16.6. The minimum absolute atomic E-state index is 0.0261. The number of aliphatic hydroxyl groups is 2. The Bertz CT molecular complexity index is 1340. The summed E-state index contributed by atoms with van der Waals surface area (Å²) in [4.78, 5) is 7.97. The van der Waals surface area contributed by atoms with Crippen LogP contribution in [0.1, 0.15) is 12.5 Å². The number of rotatable bonds is 6. The smallest absolute Gasteiger partial charge is 0.186 e. The summed E-state index contributed by atoms with van der Waals surface area (Å²) in [7, 11) is -3.34. The number of sulfone groups is 1. The maximum absolute atomic E-state index is 12.4. The van der Waals surface area contributed by atoms with Gasteiger partial charge in [0.1, 0.15) is 18.0 Å². The monoisotopic (exact) mass is 426 g/mol. The van der Waals surface area contributed by atoms with E-state index in [1.54, 1.807) is 37.4 Å². The highest BCUT2D eigenvalue weighted by Crippen LogP contribution is 2.39. The molecule has 2 aromatic heterocycles. The average Bonchev–Trinajstić information content (AvgIpc) is 3.11. The number of hydrogen-bond donors (Lipinski definition) is 3. The number of benzene rings is 2.